The number of hydrogen-bond acceptors (Lipinski definition) is 11. The number of benzene rings is 1. The van der Waals surface area contributed by atoms with E-state index in [-0.39, 0.29) is 28.8 Å². The van der Waals surface area contributed by atoms with Crippen molar-refractivity contribution < 1.29 is 33.3 Å². The van der Waals surface area contributed by atoms with Crippen LogP contribution in [0.1, 0.15) is 5.69 Å². The van der Waals surface area contributed by atoms with Gasteiger partial charge in [-0.3, -0.25) is 14.5 Å². The molecule has 15 heteroatoms. The number of fused-ring (bicyclic) bond motifs is 2. The minimum absolute atomic E-state index is 0.112. The van der Waals surface area contributed by atoms with Crippen molar-refractivity contribution in [1.82, 2.24) is 20.2 Å². The van der Waals surface area contributed by atoms with Gasteiger partial charge in [0.05, 0.1) is 11.8 Å². The van der Waals surface area contributed by atoms with Crippen LogP contribution in [0.4, 0.5) is 5.13 Å². The van der Waals surface area contributed by atoms with Crippen LogP contribution in [-0.2, 0) is 25.8 Å². The second-order valence-electron chi connectivity index (χ2n) is 9.02. The van der Waals surface area contributed by atoms with Gasteiger partial charge in [-0.2, -0.15) is 0 Å². The molecule has 0 radical (unpaired) electrons. The fourth-order valence-electron chi connectivity index (χ4n) is 4.69. The van der Waals surface area contributed by atoms with Crippen LogP contribution in [0.25, 0.3) is 22.7 Å². The molecule has 4 N–H and O–H groups in total. The molecule has 1 aromatic carbocycles. The van der Waals surface area contributed by atoms with Crippen molar-refractivity contribution in [3.63, 3.8) is 0 Å². The van der Waals surface area contributed by atoms with Crippen LogP contribution in [0.2, 0.25) is 0 Å². The summed E-state index contributed by atoms with van der Waals surface area (Å²) in [6.45, 7) is 0.177. The van der Waals surface area contributed by atoms with E-state index in [4.69, 9.17) is 15.0 Å². The van der Waals surface area contributed by atoms with Crippen LogP contribution in [-0.4, -0.2) is 67.7 Å². The van der Waals surface area contributed by atoms with Crippen LogP contribution < -0.4 is 15.6 Å². The van der Waals surface area contributed by atoms with E-state index in [1.165, 1.54) is 23.8 Å². The molecule has 4 aromatic rings. The monoisotopic (exact) mass is 592 g/mol. The van der Waals surface area contributed by atoms with Gasteiger partial charge in [-0.05, 0) is 24.3 Å². The normalized spacial score (nSPS) is 18.7. The van der Waals surface area contributed by atoms with E-state index in [9.17, 15) is 19.5 Å². The van der Waals surface area contributed by atoms with Gasteiger partial charge in [-0.15, -0.1) is 23.1 Å². The Morgan fingerprint density at radius 3 is 2.78 bits per heavy atom. The summed E-state index contributed by atoms with van der Waals surface area (Å²) in [6.07, 6.45) is 1.78. The Morgan fingerprint density at radius 1 is 1.27 bits per heavy atom. The minimum Gasteiger partial charge on any atom is -0.477 e. The molecule has 0 saturated carbocycles. The number of carbonyl (C=O) groups is 3. The Labute approximate surface area is 240 Å². The third kappa shape index (κ3) is 4.78. The number of aliphatic carboxylic acids is 1. The van der Waals surface area contributed by atoms with Gasteiger partial charge in [0.25, 0.3) is 11.8 Å². The third-order valence-corrected chi connectivity index (χ3v) is 8.51. The number of pyridine rings is 1. The van der Waals surface area contributed by atoms with Gasteiger partial charge in [0.2, 0.25) is 5.58 Å². The van der Waals surface area contributed by atoms with Crippen molar-refractivity contribution in [3.05, 3.63) is 71.0 Å². The lowest BCUT2D eigenvalue weighted by Crippen LogP contribution is -2.71. The van der Waals surface area contributed by atoms with Crippen molar-refractivity contribution in [2.45, 2.75) is 18.0 Å². The quantitative estimate of drug-likeness (QED) is 0.118. The van der Waals surface area contributed by atoms with Gasteiger partial charge >= 0.3 is 17.5 Å². The number of oxime groups is 1. The Bertz CT molecular complexity index is 1750. The van der Waals surface area contributed by atoms with Crippen molar-refractivity contribution >= 4 is 63.0 Å². The Hall–Kier alpha value is -4.76. The molecule has 2 amide bonds. The van der Waals surface area contributed by atoms with Gasteiger partial charge in [0.15, 0.2) is 10.8 Å². The number of aromatic nitrogens is 3. The predicted octanol–water partition coefficient (Wildman–Crippen LogP) is 1.61. The second-order valence-corrected chi connectivity index (χ2v) is 11.0. The van der Waals surface area contributed by atoms with Crippen LogP contribution >= 0.6 is 23.1 Å². The summed E-state index contributed by atoms with van der Waals surface area (Å²) in [4.78, 5) is 53.3. The summed E-state index contributed by atoms with van der Waals surface area (Å²) < 4.78 is 7.73. The summed E-state index contributed by atoms with van der Waals surface area (Å²) >= 11 is 2.48. The molecule has 208 valence electrons. The van der Waals surface area contributed by atoms with Crippen molar-refractivity contribution in [3.8, 4) is 11.5 Å². The molecule has 0 spiro atoms. The highest BCUT2D eigenvalue weighted by atomic mass is 32.2. The van der Waals surface area contributed by atoms with Crippen molar-refractivity contribution in [1.29, 1.82) is 0 Å². The van der Waals surface area contributed by atoms with Gasteiger partial charge in [0, 0.05) is 21.7 Å². The molecule has 1 unspecified atom stereocenters. The maximum atomic E-state index is 13.2. The number of nitrogens with two attached hydrogens (primary N) is 1. The number of oxazole rings is 1. The number of carboxylic acids is 1. The second kappa shape index (κ2) is 10.7. The first-order chi connectivity index (χ1) is 19.9. The molecule has 2 atom stereocenters. The lowest BCUT2D eigenvalue weighted by molar-refractivity contribution is -0.664. The number of β-lactam (4-membered cyclic amide) rings is 1. The topological polar surface area (TPSA) is 177 Å². The van der Waals surface area contributed by atoms with Crippen LogP contribution in [0.5, 0.6) is 0 Å². The lowest BCUT2D eigenvalue weighted by atomic mass is 10.0. The molecule has 2 aliphatic rings. The standard InChI is InChI=1S/C26H21N7O6S2/c1-38-31-17(15-12-41-26(27)28-15)21(34)29-18-23(35)33-19(25(36)37)14(11-40-24(18)33)10-32-9-5-8-16-20(32)30-22(39-16)13-6-3-2-4-7-13/h2-9,12,18,24H,10-11H2,1H3,(H3-,27,28,29,34,36,37)/p+1/t18?,24-/m0/s1. The zero-order valence-electron chi connectivity index (χ0n) is 21.4. The van der Waals surface area contributed by atoms with E-state index in [1.54, 1.807) is 28.3 Å². The van der Waals surface area contributed by atoms with E-state index in [0.717, 1.165) is 16.9 Å². The Kier molecular flexibility index (Phi) is 6.88. The predicted molar refractivity (Wildman–Crippen MR) is 149 cm³/mol. The highest BCUT2D eigenvalue weighted by Crippen LogP contribution is 2.40. The summed E-state index contributed by atoms with van der Waals surface area (Å²) in [5.41, 5.74) is 8.05. The molecule has 41 heavy (non-hydrogen) atoms. The number of thiazole rings is 1. The zero-order chi connectivity index (χ0) is 28.7. The van der Waals surface area contributed by atoms with E-state index in [1.807, 2.05) is 30.3 Å². The number of nitrogen functional groups attached to an aromatic ring is 1. The molecule has 6 rings (SSSR count). The van der Waals surface area contributed by atoms with Crippen LogP contribution in [0, 0.1) is 0 Å². The molecule has 0 aliphatic carbocycles. The molecule has 1 saturated heterocycles. The number of nitrogens with zero attached hydrogens (tertiary/aromatic N) is 5. The number of carboxylic acid groups (broad SMARTS) is 1. The van der Waals surface area contributed by atoms with E-state index >= 15 is 0 Å². The fraction of sp³-hybridized carbons (Fsp3) is 0.192. The summed E-state index contributed by atoms with van der Waals surface area (Å²) in [6, 6.07) is 12.1. The number of amides is 2. The fourth-order valence-corrected chi connectivity index (χ4v) is 6.57. The molecule has 13 nitrogen and oxygen atoms in total. The number of nitrogens with one attached hydrogen (secondary N) is 1. The SMILES string of the molecule is CON=C(C(=O)NC1C(=O)N2C(C(=O)O)=C(C[n+]3cccc4oc(-c5ccccc5)nc43)CS[C@@H]12)c1csc(N)n1. The number of thioether (sulfide) groups is 1. The van der Waals surface area contributed by atoms with Gasteiger partial charge < -0.3 is 25.4 Å². The maximum absolute atomic E-state index is 13.2. The summed E-state index contributed by atoms with van der Waals surface area (Å²) in [5.74, 6) is -1.71. The number of anilines is 1. The number of carbonyl (C=O) groups excluding carboxylic acids is 2. The van der Waals surface area contributed by atoms with E-state index in [2.05, 4.69) is 20.4 Å². The molecular formula is C26H22N7O6S2+. The van der Waals surface area contributed by atoms with Crippen LogP contribution in [0.3, 0.4) is 0 Å². The third-order valence-electron chi connectivity index (χ3n) is 6.50. The smallest absolute Gasteiger partial charge is 0.370 e. The molecule has 3 aromatic heterocycles. The molecular weight excluding hydrogens is 570 g/mol. The average Bonchev–Trinajstić information content (AvgIpc) is 3.61. The van der Waals surface area contributed by atoms with Crippen molar-refractivity contribution in [2.24, 2.45) is 5.16 Å². The van der Waals surface area contributed by atoms with Gasteiger partial charge in [0.1, 0.15) is 36.5 Å². The lowest BCUT2D eigenvalue weighted by Gasteiger charge is -2.49. The van der Waals surface area contributed by atoms with Gasteiger partial charge in [-0.1, -0.05) is 23.4 Å². The largest absolute Gasteiger partial charge is 0.477 e. The van der Waals surface area contributed by atoms with Crippen LogP contribution in [0.15, 0.2) is 74.9 Å². The minimum atomic E-state index is -1.24. The first kappa shape index (κ1) is 26.5. The summed E-state index contributed by atoms with van der Waals surface area (Å²) in [5, 5.41) is 17.7. The van der Waals surface area contributed by atoms with E-state index in [0.29, 0.717) is 28.4 Å². The van der Waals surface area contributed by atoms with Gasteiger partial charge in [-0.25, -0.2) is 14.3 Å². The molecule has 5 heterocycles. The van der Waals surface area contributed by atoms with E-state index < -0.39 is 29.2 Å². The molecule has 2 aliphatic heterocycles. The Morgan fingerprint density at radius 2 is 2.07 bits per heavy atom. The first-order valence-corrected chi connectivity index (χ1v) is 14.2. The highest BCUT2D eigenvalue weighted by molar-refractivity contribution is 8.00. The molecule has 1 fully saturated rings. The summed E-state index contributed by atoms with van der Waals surface area (Å²) in [7, 11) is 1.28. The highest BCUT2D eigenvalue weighted by Gasteiger charge is 2.54. The maximum Gasteiger partial charge on any atom is 0.370 e. The zero-order valence-corrected chi connectivity index (χ0v) is 23.0. The Balaban J connectivity index is 1.25. The van der Waals surface area contributed by atoms with Crippen molar-refractivity contribution in [2.75, 3.05) is 18.6 Å². The average molecular weight is 593 g/mol. The first-order valence-electron chi connectivity index (χ1n) is 12.2. The number of rotatable bonds is 8. The number of hydrogen-bond donors (Lipinski definition) is 3. The molecule has 0 bridgehead atoms.